The van der Waals surface area contributed by atoms with E-state index in [2.05, 4.69) is 20.6 Å². The second-order valence-electron chi connectivity index (χ2n) is 5.89. The standard InChI is InChI=1S/C18H22N4O2/c1-13-5-2-3-6-14(13)11-20-17(23)16-8-9-19-18(22-16)21-12-15-7-4-10-24-15/h2-3,5-6,8-9,15H,4,7,10-12H2,1H3,(H,20,23)(H,19,21,22). The van der Waals surface area contributed by atoms with E-state index in [1.807, 2.05) is 31.2 Å². The van der Waals surface area contributed by atoms with Crippen LogP contribution >= 0.6 is 0 Å². The Labute approximate surface area is 141 Å². The van der Waals surface area contributed by atoms with Crippen molar-refractivity contribution >= 4 is 11.9 Å². The molecule has 1 unspecified atom stereocenters. The van der Waals surface area contributed by atoms with E-state index in [1.54, 1.807) is 12.3 Å². The van der Waals surface area contributed by atoms with Gasteiger partial charge in [0.05, 0.1) is 6.10 Å². The molecule has 0 aliphatic carbocycles. The summed E-state index contributed by atoms with van der Waals surface area (Å²) in [7, 11) is 0. The number of rotatable bonds is 6. The molecular weight excluding hydrogens is 304 g/mol. The van der Waals surface area contributed by atoms with E-state index in [-0.39, 0.29) is 12.0 Å². The summed E-state index contributed by atoms with van der Waals surface area (Å²) in [4.78, 5) is 20.7. The first-order chi connectivity index (χ1) is 11.7. The number of carbonyl (C=O) groups excluding carboxylic acids is 1. The average Bonchev–Trinajstić information content (AvgIpc) is 3.13. The quantitative estimate of drug-likeness (QED) is 0.852. The van der Waals surface area contributed by atoms with Crippen molar-refractivity contribution in [3.8, 4) is 0 Å². The molecule has 1 aliphatic heterocycles. The lowest BCUT2D eigenvalue weighted by Crippen LogP contribution is -2.25. The van der Waals surface area contributed by atoms with Gasteiger partial charge in [0.1, 0.15) is 5.69 Å². The molecule has 24 heavy (non-hydrogen) atoms. The van der Waals surface area contributed by atoms with Gasteiger partial charge >= 0.3 is 0 Å². The van der Waals surface area contributed by atoms with Crippen molar-refractivity contribution in [2.24, 2.45) is 0 Å². The predicted molar refractivity (Wildman–Crippen MR) is 91.8 cm³/mol. The maximum absolute atomic E-state index is 12.3. The third-order valence-corrected chi connectivity index (χ3v) is 4.10. The van der Waals surface area contributed by atoms with Gasteiger partial charge in [0.25, 0.3) is 5.91 Å². The zero-order valence-electron chi connectivity index (χ0n) is 13.8. The van der Waals surface area contributed by atoms with Crippen LogP contribution in [0.2, 0.25) is 0 Å². The van der Waals surface area contributed by atoms with Gasteiger partial charge in [0.15, 0.2) is 0 Å². The van der Waals surface area contributed by atoms with E-state index in [9.17, 15) is 4.79 Å². The number of aryl methyl sites for hydroxylation is 1. The van der Waals surface area contributed by atoms with Crippen molar-refractivity contribution in [2.75, 3.05) is 18.5 Å². The van der Waals surface area contributed by atoms with Gasteiger partial charge in [0, 0.05) is 25.9 Å². The van der Waals surface area contributed by atoms with Crippen LogP contribution in [0, 0.1) is 6.92 Å². The monoisotopic (exact) mass is 326 g/mol. The Morgan fingerprint density at radius 3 is 3.00 bits per heavy atom. The molecule has 6 heteroatoms. The van der Waals surface area contributed by atoms with Crippen LogP contribution in [0.25, 0.3) is 0 Å². The van der Waals surface area contributed by atoms with Gasteiger partial charge in [-0.25, -0.2) is 9.97 Å². The molecule has 1 aromatic heterocycles. The summed E-state index contributed by atoms with van der Waals surface area (Å²) in [5.41, 5.74) is 2.60. The van der Waals surface area contributed by atoms with E-state index < -0.39 is 0 Å². The smallest absolute Gasteiger partial charge is 0.270 e. The largest absolute Gasteiger partial charge is 0.376 e. The SMILES string of the molecule is Cc1ccccc1CNC(=O)c1ccnc(NCC2CCCO2)n1. The minimum Gasteiger partial charge on any atom is -0.376 e. The highest BCUT2D eigenvalue weighted by molar-refractivity contribution is 5.92. The van der Waals surface area contributed by atoms with Gasteiger partial charge in [-0.05, 0) is 37.0 Å². The topological polar surface area (TPSA) is 76.1 Å². The Bertz CT molecular complexity index is 699. The molecule has 1 amide bonds. The normalized spacial score (nSPS) is 16.8. The predicted octanol–water partition coefficient (Wildman–Crippen LogP) is 2.31. The van der Waals surface area contributed by atoms with E-state index in [4.69, 9.17) is 4.74 Å². The van der Waals surface area contributed by atoms with E-state index in [1.165, 1.54) is 0 Å². The van der Waals surface area contributed by atoms with Crippen LogP contribution in [-0.4, -0.2) is 35.1 Å². The van der Waals surface area contributed by atoms with Gasteiger partial charge in [-0.1, -0.05) is 24.3 Å². The number of carbonyl (C=O) groups is 1. The number of nitrogens with zero attached hydrogens (tertiary/aromatic N) is 2. The highest BCUT2D eigenvalue weighted by Gasteiger charge is 2.16. The number of benzene rings is 1. The highest BCUT2D eigenvalue weighted by Crippen LogP contribution is 2.12. The second kappa shape index (κ2) is 7.88. The van der Waals surface area contributed by atoms with Crippen molar-refractivity contribution < 1.29 is 9.53 Å². The number of anilines is 1. The lowest BCUT2D eigenvalue weighted by molar-refractivity contribution is 0.0946. The number of hydrogen-bond donors (Lipinski definition) is 2. The molecule has 2 aromatic rings. The van der Waals surface area contributed by atoms with E-state index >= 15 is 0 Å². The Morgan fingerprint density at radius 1 is 1.33 bits per heavy atom. The molecule has 1 atom stereocenters. The molecule has 1 fully saturated rings. The number of amides is 1. The zero-order valence-corrected chi connectivity index (χ0v) is 13.8. The molecule has 0 saturated carbocycles. The van der Waals surface area contributed by atoms with Crippen LogP contribution in [0.1, 0.15) is 34.5 Å². The third kappa shape index (κ3) is 4.29. The Balaban J connectivity index is 1.56. The first kappa shape index (κ1) is 16.4. The molecule has 126 valence electrons. The highest BCUT2D eigenvalue weighted by atomic mass is 16.5. The summed E-state index contributed by atoms with van der Waals surface area (Å²) in [6.45, 7) is 3.98. The molecule has 1 aromatic carbocycles. The van der Waals surface area contributed by atoms with Gasteiger partial charge in [-0.3, -0.25) is 4.79 Å². The van der Waals surface area contributed by atoms with Crippen LogP contribution in [0.5, 0.6) is 0 Å². The summed E-state index contributed by atoms with van der Waals surface area (Å²) in [5, 5.41) is 6.04. The maximum Gasteiger partial charge on any atom is 0.270 e. The van der Waals surface area contributed by atoms with Gasteiger partial charge in [-0.2, -0.15) is 0 Å². The number of hydrogen-bond acceptors (Lipinski definition) is 5. The number of aromatic nitrogens is 2. The molecule has 1 saturated heterocycles. The second-order valence-corrected chi connectivity index (χ2v) is 5.89. The first-order valence-electron chi connectivity index (χ1n) is 8.23. The van der Waals surface area contributed by atoms with Crippen molar-refractivity contribution in [3.05, 3.63) is 53.3 Å². The third-order valence-electron chi connectivity index (χ3n) is 4.10. The minimum absolute atomic E-state index is 0.201. The Hall–Kier alpha value is -2.47. The molecule has 2 heterocycles. The summed E-state index contributed by atoms with van der Waals surface area (Å²) >= 11 is 0. The van der Waals surface area contributed by atoms with Crippen LogP contribution in [-0.2, 0) is 11.3 Å². The zero-order chi connectivity index (χ0) is 16.8. The lowest BCUT2D eigenvalue weighted by Gasteiger charge is -2.11. The average molecular weight is 326 g/mol. The fourth-order valence-electron chi connectivity index (χ4n) is 2.66. The molecule has 3 rings (SSSR count). The molecule has 0 radical (unpaired) electrons. The lowest BCUT2D eigenvalue weighted by atomic mass is 10.1. The molecule has 2 N–H and O–H groups in total. The summed E-state index contributed by atoms with van der Waals surface area (Å²) in [6.07, 6.45) is 3.93. The molecular formula is C18H22N4O2. The summed E-state index contributed by atoms with van der Waals surface area (Å²) in [5.74, 6) is 0.245. The minimum atomic E-state index is -0.208. The maximum atomic E-state index is 12.3. The van der Waals surface area contributed by atoms with Crippen LogP contribution in [0.3, 0.4) is 0 Å². The molecule has 1 aliphatic rings. The molecule has 0 bridgehead atoms. The number of nitrogens with one attached hydrogen (secondary N) is 2. The number of ether oxygens (including phenoxy) is 1. The summed E-state index contributed by atoms with van der Waals surface area (Å²) in [6, 6.07) is 9.59. The van der Waals surface area contributed by atoms with Crippen molar-refractivity contribution in [3.63, 3.8) is 0 Å². The van der Waals surface area contributed by atoms with Crippen molar-refractivity contribution in [1.82, 2.24) is 15.3 Å². The van der Waals surface area contributed by atoms with E-state index in [0.717, 1.165) is 30.6 Å². The van der Waals surface area contributed by atoms with Gasteiger partial charge in [0.2, 0.25) is 5.95 Å². The Morgan fingerprint density at radius 2 is 2.21 bits per heavy atom. The van der Waals surface area contributed by atoms with Crippen LogP contribution in [0.15, 0.2) is 36.5 Å². The van der Waals surface area contributed by atoms with E-state index in [0.29, 0.717) is 24.7 Å². The fourth-order valence-corrected chi connectivity index (χ4v) is 2.66. The van der Waals surface area contributed by atoms with Crippen molar-refractivity contribution in [2.45, 2.75) is 32.4 Å². The summed E-state index contributed by atoms with van der Waals surface area (Å²) < 4.78 is 5.55. The molecule has 6 nitrogen and oxygen atoms in total. The van der Waals surface area contributed by atoms with Gasteiger partial charge < -0.3 is 15.4 Å². The van der Waals surface area contributed by atoms with Crippen LogP contribution in [0.4, 0.5) is 5.95 Å². The fraction of sp³-hybridized carbons (Fsp3) is 0.389. The van der Waals surface area contributed by atoms with Crippen molar-refractivity contribution in [1.29, 1.82) is 0 Å². The molecule has 0 spiro atoms. The van der Waals surface area contributed by atoms with Gasteiger partial charge in [-0.15, -0.1) is 0 Å². The van der Waals surface area contributed by atoms with Crippen LogP contribution < -0.4 is 10.6 Å². The first-order valence-corrected chi connectivity index (χ1v) is 8.23. The Kier molecular flexibility index (Phi) is 5.38.